The maximum absolute atomic E-state index is 12.3. The van der Waals surface area contributed by atoms with Crippen LogP contribution in [0.15, 0.2) is 0 Å². The summed E-state index contributed by atoms with van der Waals surface area (Å²) in [6, 6.07) is -0.543. The zero-order chi connectivity index (χ0) is 12.8. The summed E-state index contributed by atoms with van der Waals surface area (Å²) in [4.78, 5) is 11.7. The fraction of sp³-hybridized carbons (Fsp3) is 0.900. The first-order chi connectivity index (χ1) is 7.30. The van der Waals surface area contributed by atoms with E-state index in [-0.39, 0.29) is 13.0 Å². The monoisotopic (exact) mass is 241 g/mol. The average molecular weight is 241 g/mol. The standard InChI is InChI=1S/C10H18F3NO2/c1-3-5-14(7-10(11,12)13)8(4-2)6-9(15)16/h8H,3-7H2,1-2H3,(H,15,16). The normalized spacial score (nSPS) is 14.1. The van der Waals surface area contributed by atoms with Crippen LogP contribution in [0.4, 0.5) is 13.2 Å². The summed E-state index contributed by atoms with van der Waals surface area (Å²) in [5.41, 5.74) is 0. The van der Waals surface area contributed by atoms with Gasteiger partial charge in [0.2, 0.25) is 0 Å². The molecule has 0 rings (SSSR count). The predicted molar refractivity (Wildman–Crippen MR) is 54.3 cm³/mol. The number of carboxylic acid groups (broad SMARTS) is 1. The highest BCUT2D eigenvalue weighted by molar-refractivity contribution is 5.67. The molecule has 0 saturated carbocycles. The summed E-state index contributed by atoms with van der Waals surface area (Å²) in [6.45, 7) is 2.71. The first kappa shape index (κ1) is 15.2. The van der Waals surface area contributed by atoms with Crippen molar-refractivity contribution in [3.63, 3.8) is 0 Å². The van der Waals surface area contributed by atoms with Crippen molar-refractivity contribution < 1.29 is 23.1 Å². The Morgan fingerprint density at radius 3 is 2.25 bits per heavy atom. The Morgan fingerprint density at radius 2 is 1.94 bits per heavy atom. The molecule has 0 aromatic carbocycles. The van der Waals surface area contributed by atoms with Crippen molar-refractivity contribution in [2.75, 3.05) is 13.1 Å². The molecule has 0 fully saturated rings. The van der Waals surface area contributed by atoms with Gasteiger partial charge in [0, 0.05) is 6.04 Å². The van der Waals surface area contributed by atoms with E-state index in [1.165, 1.54) is 4.90 Å². The molecule has 0 spiro atoms. The lowest BCUT2D eigenvalue weighted by Crippen LogP contribution is -2.43. The average Bonchev–Trinajstić information content (AvgIpc) is 2.11. The molecule has 0 aromatic heterocycles. The smallest absolute Gasteiger partial charge is 0.401 e. The minimum Gasteiger partial charge on any atom is -0.481 e. The quantitative estimate of drug-likeness (QED) is 0.744. The van der Waals surface area contributed by atoms with Crippen LogP contribution in [0.25, 0.3) is 0 Å². The molecular weight excluding hydrogens is 223 g/mol. The molecule has 96 valence electrons. The van der Waals surface area contributed by atoms with Gasteiger partial charge in [-0.1, -0.05) is 13.8 Å². The van der Waals surface area contributed by atoms with Crippen LogP contribution in [0.5, 0.6) is 0 Å². The number of hydrogen-bond acceptors (Lipinski definition) is 2. The van der Waals surface area contributed by atoms with Gasteiger partial charge in [0.25, 0.3) is 0 Å². The second kappa shape index (κ2) is 6.73. The molecule has 0 aromatic rings. The lowest BCUT2D eigenvalue weighted by molar-refractivity contribution is -0.155. The Bertz CT molecular complexity index is 219. The van der Waals surface area contributed by atoms with Gasteiger partial charge >= 0.3 is 12.1 Å². The number of carbonyl (C=O) groups is 1. The van der Waals surface area contributed by atoms with E-state index in [0.717, 1.165) is 0 Å². The molecule has 6 heteroatoms. The van der Waals surface area contributed by atoms with E-state index in [2.05, 4.69) is 0 Å². The number of hydrogen-bond donors (Lipinski definition) is 1. The molecule has 0 heterocycles. The molecule has 1 N–H and O–H groups in total. The molecule has 0 aliphatic carbocycles. The van der Waals surface area contributed by atoms with Crippen molar-refractivity contribution in [2.45, 2.75) is 45.3 Å². The highest BCUT2D eigenvalue weighted by Crippen LogP contribution is 2.20. The molecule has 1 unspecified atom stereocenters. The third kappa shape index (κ3) is 6.66. The summed E-state index contributed by atoms with van der Waals surface area (Å²) in [5, 5.41) is 8.62. The fourth-order valence-electron chi connectivity index (χ4n) is 1.64. The van der Waals surface area contributed by atoms with Gasteiger partial charge in [-0.3, -0.25) is 9.69 Å². The second-order valence-electron chi connectivity index (χ2n) is 3.75. The van der Waals surface area contributed by atoms with Crippen LogP contribution in [0.2, 0.25) is 0 Å². The number of rotatable bonds is 7. The van der Waals surface area contributed by atoms with Crippen LogP contribution in [0, 0.1) is 0 Å². The molecule has 0 amide bonds. The van der Waals surface area contributed by atoms with Crippen LogP contribution in [-0.4, -0.2) is 41.3 Å². The minimum absolute atomic E-state index is 0.243. The Kier molecular flexibility index (Phi) is 6.40. The van der Waals surface area contributed by atoms with Crippen LogP contribution < -0.4 is 0 Å². The summed E-state index contributed by atoms with van der Waals surface area (Å²) in [6.07, 6.45) is -3.54. The number of aliphatic carboxylic acids is 1. The number of halogens is 3. The molecular formula is C10H18F3NO2. The Hall–Kier alpha value is -0.780. The van der Waals surface area contributed by atoms with Gasteiger partial charge in [0.05, 0.1) is 13.0 Å². The summed E-state index contributed by atoms with van der Waals surface area (Å²) in [7, 11) is 0. The van der Waals surface area contributed by atoms with Crippen molar-refractivity contribution in [2.24, 2.45) is 0 Å². The van der Waals surface area contributed by atoms with Gasteiger partial charge in [-0.2, -0.15) is 13.2 Å². The van der Waals surface area contributed by atoms with E-state index in [0.29, 0.717) is 12.8 Å². The highest BCUT2D eigenvalue weighted by atomic mass is 19.4. The van der Waals surface area contributed by atoms with Crippen molar-refractivity contribution in [3.8, 4) is 0 Å². The first-order valence-electron chi connectivity index (χ1n) is 5.32. The van der Waals surface area contributed by atoms with Crippen molar-refractivity contribution in [3.05, 3.63) is 0 Å². The lowest BCUT2D eigenvalue weighted by atomic mass is 10.1. The predicted octanol–water partition coefficient (Wildman–Crippen LogP) is 2.51. The summed E-state index contributed by atoms with van der Waals surface area (Å²) >= 11 is 0. The molecule has 1 atom stereocenters. The molecule has 0 saturated heterocycles. The van der Waals surface area contributed by atoms with Gasteiger partial charge < -0.3 is 5.11 Å². The van der Waals surface area contributed by atoms with Gasteiger partial charge in [0.15, 0.2) is 0 Å². The molecule has 0 bridgehead atoms. The van der Waals surface area contributed by atoms with Gasteiger partial charge in [-0.25, -0.2) is 0 Å². The SMILES string of the molecule is CCCN(CC(F)(F)F)C(CC)CC(=O)O. The van der Waals surface area contributed by atoms with Crippen molar-refractivity contribution in [1.29, 1.82) is 0 Å². The largest absolute Gasteiger partial charge is 0.481 e. The van der Waals surface area contributed by atoms with Crippen molar-refractivity contribution in [1.82, 2.24) is 4.90 Å². The molecule has 16 heavy (non-hydrogen) atoms. The van der Waals surface area contributed by atoms with E-state index >= 15 is 0 Å². The van der Waals surface area contributed by atoms with E-state index in [9.17, 15) is 18.0 Å². The number of nitrogens with zero attached hydrogens (tertiary/aromatic N) is 1. The van der Waals surface area contributed by atoms with Crippen LogP contribution >= 0.6 is 0 Å². The maximum atomic E-state index is 12.3. The molecule has 0 aliphatic rings. The van der Waals surface area contributed by atoms with Crippen LogP contribution in [-0.2, 0) is 4.79 Å². The molecule has 3 nitrogen and oxygen atoms in total. The van der Waals surface area contributed by atoms with Gasteiger partial charge in [-0.15, -0.1) is 0 Å². The lowest BCUT2D eigenvalue weighted by Gasteiger charge is -2.30. The van der Waals surface area contributed by atoms with E-state index in [1.807, 2.05) is 0 Å². The summed E-state index contributed by atoms with van der Waals surface area (Å²) < 4.78 is 36.8. The minimum atomic E-state index is -4.28. The number of carboxylic acids is 1. The summed E-state index contributed by atoms with van der Waals surface area (Å²) in [5.74, 6) is -1.06. The third-order valence-electron chi connectivity index (χ3n) is 2.29. The Morgan fingerprint density at radius 1 is 1.38 bits per heavy atom. The van der Waals surface area contributed by atoms with Gasteiger partial charge in [0.1, 0.15) is 0 Å². The van der Waals surface area contributed by atoms with Crippen molar-refractivity contribution >= 4 is 5.97 Å². The van der Waals surface area contributed by atoms with E-state index < -0.39 is 24.7 Å². The van der Waals surface area contributed by atoms with Gasteiger partial charge in [-0.05, 0) is 19.4 Å². The third-order valence-corrected chi connectivity index (χ3v) is 2.29. The molecule has 0 aliphatic heterocycles. The van der Waals surface area contributed by atoms with E-state index in [4.69, 9.17) is 5.11 Å². The Labute approximate surface area is 93.2 Å². The van der Waals surface area contributed by atoms with Crippen LogP contribution in [0.3, 0.4) is 0 Å². The highest BCUT2D eigenvalue weighted by Gasteiger charge is 2.33. The van der Waals surface area contributed by atoms with Crippen LogP contribution in [0.1, 0.15) is 33.1 Å². The van der Waals surface area contributed by atoms with E-state index in [1.54, 1.807) is 13.8 Å². The fourth-order valence-corrected chi connectivity index (χ4v) is 1.64. The Balaban J connectivity index is 4.51. The maximum Gasteiger partial charge on any atom is 0.401 e. The number of alkyl halides is 3. The zero-order valence-corrected chi connectivity index (χ0v) is 9.55. The molecule has 0 radical (unpaired) electrons. The zero-order valence-electron chi connectivity index (χ0n) is 9.55. The first-order valence-corrected chi connectivity index (χ1v) is 5.32. The topological polar surface area (TPSA) is 40.5 Å². The second-order valence-corrected chi connectivity index (χ2v) is 3.75.